The van der Waals surface area contributed by atoms with E-state index in [9.17, 15) is 9.59 Å². The average molecular weight is 262 g/mol. The van der Waals surface area contributed by atoms with Gasteiger partial charge in [0.1, 0.15) is 0 Å². The van der Waals surface area contributed by atoms with Crippen molar-refractivity contribution < 1.29 is 9.59 Å². The lowest BCUT2D eigenvalue weighted by molar-refractivity contribution is -0.127. The van der Waals surface area contributed by atoms with Crippen LogP contribution in [-0.2, 0) is 9.59 Å². The largest absolute Gasteiger partial charge is 0.353 e. The predicted octanol–water partition coefficient (Wildman–Crippen LogP) is 1.65. The Morgan fingerprint density at radius 2 is 2.21 bits per heavy atom. The maximum atomic E-state index is 11.7. The highest BCUT2D eigenvalue weighted by molar-refractivity contribution is 9.09. The Balaban J connectivity index is 2.75. The fourth-order valence-electron chi connectivity index (χ4n) is 2.13. The summed E-state index contributed by atoms with van der Waals surface area (Å²) >= 11 is 3.19. The molecule has 1 N–H and O–H groups in total. The molecule has 0 spiro atoms. The van der Waals surface area contributed by atoms with Gasteiger partial charge in [-0.2, -0.15) is 0 Å². The molecule has 0 aromatic heterocycles. The van der Waals surface area contributed by atoms with Crippen molar-refractivity contribution in [3.05, 3.63) is 0 Å². The predicted molar refractivity (Wildman–Crippen MR) is 58.4 cm³/mol. The number of amides is 1. The minimum Gasteiger partial charge on any atom is -0.353 e. The van der Waals surface area contributed by atoms with E-state index >= 15 is 0 Å². The molecule has 0 saturated heterocycles. The molecule has 1 aliphatic carbocycles. The van der Waals surface area contributed by atoms with Crippen LogP contribution in [0.5, 0.6) is 0 Å². The highest BCUT2D eigenvalue weighted by atomic mass is 79.9. The molecule has 4 heteroatoms. The molecule has 3 nitrogen and oxygen atoms in total. The summed E-state index contributed by atoms with van der Waals surface area (Å²) in [6.45, 7) is 3.45. The van der Waals surface area contributed by atoms with Crippen molar-refractivity contribution in [2.75, 3.05) is 5.33 Å². The van der Waals surface area contributed by atoms with E-state index in [0.717, 1.165) is 19.3 Å². The molecule has 0 aromatic carbocycles. The number of ketones is 1. The molecule has 80 valence electrons. The summed E-state index contributed by atoms with van der Waals surface area (Å²) in [7, 11) is 0. The highest BCUT2D eigenvalue weighted by Crippen LogP contribution is 2.39. The van der Waals surface area contributed by atoms with Gasteiger partial charge in [-0.25, -0.2) is 0 Å². The van der Waals surface area contributed by atoms with Crippen LogP contribution in [0.15, 0.2) is 0 Å². The third-order valence-electron chi connectivity index (χ3n) is 3.09. The molecule has 1 aliphatic rings. The minimum absolute atomic E-state index is 0.0186. The van der Waals surface area contributed by atoms with Crippen molar-refractivity contribution in [2.24, 2.45) is 5.41 Å². The van der Waals surface area contributed by atoms with Crippen molar-refractivity contribution >= 4 is 27.6 Å². The Morgan fingerprint density at radius 3 is 2.71 bits per heavy atom. The Morgan fingerprint density at radius 1 is 1.57 bits per heavy atom. The van der Waals surface area contributed by atoms with Crippen LogP contribution in [0.2, 0.25) is 0 Å². The first-order chi connectivity index (χ1) is 6.50. The van der Waals surface area contributed by atoms with E-state index in [-0.39, 0.29) is 23.1 Å². The van der Waals surface area contributed by atoms with Gasteiger partial charge in [0, 0.05) is 18.4 Å². The number of carbonyl (C=O) groups excluding carboxylic acids is 2. The maximum Gasteiger partial charge on any atom is 0.217 e. The van der Waals surface area contributed by atoms with Gasteiger partial charge in [0.15, 0.2) is 5.78 Å². The smallest absolute Gasteiger partial charge is 0.217 e. The Bertz CT molecular complexity index is 255. The Hall–Kier alpha value is -0.380. The van der Waals surface area contributed by atoms with E-state index in [1.165, 1.54) is 6.92 Å². The summed E-state index contributed by atoms with van der Waals surface area (Å²) in [5.74, 6) is 0.138. The van der Waals surface area contributed by atoms with Gasteiger partial charge in [0.2, 0.25) is 5.91 Å². The molecular weight excluding hydrogens is 246 g/mol. The zero-order valence-corrected chi connectivity index (χ0v) is 10.2. The van der Waals surface area contributed by atoms with E-state index in [4.69, 9.17) is 0 Å². The summed E-state index contributed by atoms with van der Waals surface area (Å²) in [6, 6.07) is 0.0186. The normalized spacial score (nSPS) is 31.5. The van der Waals surface area contributed by atoms with Crippen LogP contribution in [0.4, 0.5) is 0 Å². The number of halogens is 1. The van der Waals surface area contributed by atoms with Gasteiger partial charge in [0.25, 0.3) is 0 Å². The Labute approximate surface area is 92.8 Å². The first-order valence-corrected chi connectivity index (χ1v) is 5.99. The van der Waals surface area contributed by atoms with Crippen molar-refractivity contribution in [1.29, 1.82) is 0 Å². The van der Waals surface area contributed by atoms with Gasteiger partial charge in [-0.05, 0) is 12.8 Å². The molecule has 2 atom stereocenters. The molecule has 1 fully saturated rings. The topological polar surface area (TPSA) is 46.2 Å². The fourth-order valence-corrected chi connectivity index (χ4v) is 2.77. The van der Waals surface area contributed by atoms with Gasteiger partial charge >= 0.3 is 0 Å². The van der Waals surface area contributed by atoms with Gasteiger partial charge in [0.05, 0.1) is 5.33 Å². The van der Waals surface area contributed by atoms with Crippen molar-refractivity contribution in [3.8, 4) is 0 Å². The number of rotatable bonds is 3. The van der Waals surface area contributed by atoms with Crippen LogP contribution in [0.3, 0.4) is 0 Å². The van der Waals surface area contributed by atoms with Crippen LogP contribution >= 0.6 is 15.9 Å². The first kappa shape index (κ1) is 11.7. The van der Waals surface area contributed by atoms with Gasteiger partial charge in [-0.15, -0.1) is 0 Å². The van der Waals surface area contributed by atoms with Crippen LogP contribution in [-0.4, -0.2) is 23.1 Å². The second kappa shape index (κ2) is 4.43. The van der Waals surface area contributed by atoms with E-state index in [0.29, 0.717) is 5.33 Å². The molecular formula is C10H16BrNO2. The quantitative estimate of drug-likeness (QED) is 0.786. The number of hydrogen-bond donors (Lipinski definition) is 1. The maximum absolute atomic E-state index is 11.7. The minimum atomic E-state index is -0.366. The zero-order chi connectivity index (χ0) is 10.8. The van der Waals surface area contributed by atoms with Crippen LogP contribution in [0.1, 0.15) is 33.1 Å². The molecule has 0 aliphatic heterocycles. The number of nitrogens with one attached hydrogen (secondary N) is 1. The van der Waals surface area contributed by atoms with Gasteiger partial charge in [-0.1, -0.05) is 29.3 Å². The number of hydrogen-bond acceptors (Lipinski definition) is 2. The molecule has 1 amide bonds. The molecule has 0 radical (unpaired) electrons. The lowest BCUT2D eigenvalue weighted by atomic mass is 9.81. The monoisotopic (exact) mass is 261 g/mol. The standard InChI is InChI=1S/C10H16BrNO2/c1-7(13)12-8-4-3-5-10(8,2)9(14)6-11/h8H,3-6H2,1-2H3,(H,12,13). The summed E-state index contributed by atoms with van der Waals surface area (Å²) in [4.78, 5) is 22.7. The molecule has 0 bridgehead atoms. The fraction of sp³-hybridized carbons (Fsp3) is 0.800. The lowest BCUT2D eigenvalue weighted by Gasteiger charge is -2.29. The van der Waals surface area contributed by atoms with E-state index in [1.54, 1.807) is 0 Å². The van der Waals surface area contributed by atoms with E-state index in [1.807, 2.05) is 6.92 Å². The second-order valence-corrected chi connectivity index (χ2v) is 4.68. The Kier molecular flexibility index (Phi) is 3.70. The molecule has 2 unspecified atom stereocenters. The molecule has 14 heavy (non-hydrogen) atoms. The van der Waals surface area contributed by atoms with Crippen molar-refractivity contribution in [1.82, 2.24) is 5.32 Å². The van der Waals surface area contributed by atoms with Crippen LogP contribution in [0, 0.1) is 5.41 Å². The molecule has 0 heterocycles. The van der Waals surface area contributed by atoms with Crippen molar-refractivity contribution in [3.63, 3.8) is 0 Å². The summed E-state index contributed by atoms with van der Waals surface area (Å²) in [6.07, 6.45) is 2.80. The molecule has 1 saturated carbocycles. The number of Topliss-reactive ketones (excluding diaryl/α,β-unsaturated/α-hetero) is 1. The van der Waals surface area contributed by atoms with E-state index < -0.39 is 0 Å². The summed E-state index contributed by atoms with van der Waals surface area (Å²) in [5.41, 5.74) is -0.366. The summed E-state index contributed by atoms with van der Waals surface area (Å²) in [5, 5.41) is 3.24. The van der Waals surface area contributed by atoms with Gasteiger partial charge < -0.3 is 5.32 Å². The third-order valence-corrected chi connectivity index (χ3v) is 3.60. The van der Waals surface area contributed by atoms with E-state index in [2.05, 4.69) is 21.2 Å². The van der Waals surface area contributed by atoms with Crippen molar-refractivity contribution in [2.45, 2.75) is 39.2 Å². The third kappa shape index (κ3) is 2.16. The zero-order valence-electron chi connectivity index (χ0n) is 8.60. The highest BCUT2D eigenvalue weighted by Gasteiger charge is 2.44. The summed E-state index contributed by atoms with van der Waals surface area (Å²) < 4.78 is 0. The van der Waals surface area contributed by atoms with Gasteiger partial charge in [-0.3, -0.25) is 9.59 Å². The SMILES string of the molecule is CC(=O)NC1CCCC1(C)C(=O)CBr. The van der Waals surface area contributed by atoms with Crippen LogP contribution < -0.4 is 5.32 Å². The second-order valence-electron chi connectivity index (χ2n) is 4.12. The molecule has 1 rings (SSSR count). The first-order valence-electron chi connectivity index (χ1n) is 4.87. The lowest BCUT2D eigenvalue weighted by Crippen LogP contribution is -2.46. The molecule has 0 aromatic rings. The average Bonchev–Trinajstić information content (AvgIpc) is 2.47. The number of alkyl halides is 1. The number of carbonyl (C=O) groups is 2. The van der Waals surface area contributed by atoms with Crippen LogP contribution in [0.25, 0.3) is 0 Å².